The summed E-state index contributed by atoms with van der Waals surface area (Å²) in [5.74, 6) is 0.932. The molecule has 0 atom stereocenters. The van der Waals surface area contributed by atoms with Crippen LogP contribution in [0, 0.1) is 6.92 Å². The Morgan fingerprint density at radius 3 is 2.56 bits per heavy atom. The number of imidazole rings is 1. The van der Waals surface area contributed by atoms with Gasteiger partial charge in [0.05, 0.1) is 28.6 Å². The van der Waals surface area contributed by atoms with Crippen molar-refractivity contribution in [3.63, 3.8) is 0 Å². The Morgan fingerprint density at radius 2 is 1.82 bits per heavy atom. The molecule has 8 nitrogen and oxygen atoms in total. The van der Waals surface area contributed by atoms with Gasteiger partial charge in [-0.3, -0.25) is 4.79 Å². The van der Waals surface area contributed by atoms with Crippen molar-refractivity contribution < 1.29 is 17.9 Å². The average molecular weight is 485 g/mol. The lowest BCUT2D eigenvalue weighted by atomic mass is 10.2. The quantitative estimate of drug-likeness (QED) is 0.492. The molecule has 2 heterocycles. The van der Waals surface area contributed by atoms with Gasteiger partial charge in [-0.25, -0.2) is 13.4 Å². The second-order valence-electron chi connectivity index (χ2n) is 8.59. The number of aryl methyl sites for hydroxylation is 2. The van der Waals surface area contributed by atoms with Gasteiger partial charge in [0.25, 0.3) is 5.91 Å². The number of aromatic nitrogens is 2. The van der Waals surface area contributed by atoms with E-state index >= 15 is 0 Å². The molecule has 1 aliphatic rings. The lowest BCUT2D eigenvalue weighted by Gasteiger charge is -2.20. The lowest BCUT2D eigenvalue weighted by Crippen LogP contribution is -2.32. The first-order chi connectivity index (χ1) is 16.4. The minimum Gasteiger partial charge on any atom is -0.496 e. The number of carbonyl (C=O) groups excluding carboxylic acids is 1. The van der Waals surface area contributed by atoms with E-state index in [0.29, 0.717) is 38.3 Å². The van der Waals surface area contributed by atoms with Crippen LogP contribution in [0.25, 0.3) is 11.0 Å². The van der Waals surface area contributed by atoms with E-state index in [4.69, 9.17) is 4.74 Å². The van der Waals surface area contributed by atoms with Gasteiger partial charge in [-0.1, -0.05) is 25.0 Å². The first-order valence-electron chi connectivity index (χ1n) is 11.8. The molecule has 34 heavy (non-hydrogen) atoms. The molecule has 9 heteroatoms. The number of carbonyl (C=O) groups is 1. The van der Waals surface area contributed by atoms with E-state index in [0.717, 1.165) is 42.5 Å². The maximum atomic E-state index is 13.2. The van der Waals surface area contributed by atoms with Crippen LogP contribution in [0.1, 0.15) is 48.3 Å². The smallest absolute Gasteiger partial charge is 0.255 e. The molecule has 1 saturated heterocycles. The molecular formula is C25H32N4O4S. The van der Waals surface area contributed by atoms with Crippen molar-refractivity contribution in [3.8, 4) is 5.75 Å². The summed E-state index contributed by atoms with van der Waals surface area (Å²) in [5, 5.41) is 2.91. The number of methoxy groups -OCH3 is 1. The molecule has 1 fully saturated rings. The molecule has 1 N–H and O–H groups in total. The molecule has 1 amide bonds. The fourth-order valence-electron chi connectivity index (χ4n) is 4.47. The van der Waals surface area contributed by atoms with Gasteiger partial charge in [0.2, 0.25) is 10.0 Å². The molecule has 0 unspecified atom stereocenters. The molecule has 3 aromatic rings. The van der Waals surface area contributed by atoms with E-state index in [1.807, 2.05) is 31.2 Å². The highest BCUT2D eigenvalue weighted by Crippen LogP contribution is 2.26. The predicted octanol–water partition coefficient (Wildman–Crippen LogP) is 3.74. The number of amides is 1. The van der Waals surface area contributed by atoms with Crippen LogP contribution in [0.15, 0.2) is 47.4 Å². The SMILES string of the molecule is COc1ccc(S(=O)(=O)N2CCCCCC2)cc1C(=O)NCCCn1c(C)nc2ccccc21. The van der Waals surface area contributed by atoms with Gasteiger partial charge in [-0.15, -0.1) is 0 Å². The molecule has 182 valence electrons. The van der Waals surface area contributed by atoms with Crippen molar-refractivity contribution in [3.05, 3.63) is 53.9 Å². The lowest BCUT2D eigenvalue weighted by molar-refractivity contribution is 0.0949. The highest BCUT2D eigenvalue weighted by Gasteiger charge is 2.27. The molecule has 4 rings (SSSR count). The number of sulfonamides is 1. The molecule has 1 aliphatic heterocycles. The van der Waals surface area contributed by atoms with Crippen LogP contribution in [0.4, 0.5) is 0 Å². The number of hydrogen-bond acceptors (Lipinski definition) is 5. The molecule has 0 bridgehead atoms. The van der Waals surface area contributed by atoms with Crippen LogP contribution in [0.2, 0.25) is 0 Å². The maximum Gasteiger partial charge on any atom is 0.255 e. The summed E-state index contributed by atoms with van der Waals surface area (Å²) in [5.41, 5.74) is 2.25. The third-order valence-electron chi connectivity index (χ3n) is 6.31. The summed E-state index contributed by atoms with van der Waals surface area (Å²) in [6.07, 6.45) is 4.50. The molecule has 0 saturated carbocycles. The summed E-state index contributed by atoms with van der Waals surface area (Å²) < 4.78 is 35.4. The van der Waals surface area contributed by atoms with E-state index in [1.54, 1.807) is 6.07 Å². The number of fused-ring (bicyclic) bond motifs is 1. The van der Waals surface area contributed by atoms with Gasteiger partial charge in [-0.05, 0) is 56.5 Å². The second kappa shape index (κ2) is 10.6. The topological polar surface area (TPSA) is 93.5 Å². The van der Waals surface area contributed by atoms with Crippen LogP contribution in [-0.2, 0) is 16.6 Å². The number of nitrogens with one attached hydrogen (secondary N) is 1. The highest BCUT2D eigenvalue weighted by molar-refractivity contribution is 7.89. The Bertz CT molecular complexity index is 1260. The third kappa shape index (κ3) is 5.10. The van der Waals surface area contributed by atoms with Crippen molar-refractivity contribution >= 4 is 27.0 Å². The summed E-state index contributed by atoms with van der Waals surface area (Å²) in [6.45, 7) is 4.15. The summed E-state index contributed by atoms with van der Waals surface area (Å²) >= 11 is 0. The van der Waals surface area contributed by atoms with Crippen LogP contribution >= 0.6 is 0 Å². The van der Waals surface area contributed by atoms with E-state index in [-0.39, 0.29) is 16.4 Å². The number of ether oxygens (including phenoxy) is 1. The fraction of sp³-hybridized carbons (Fsp3) is 0.440. The van der Waals surface area contributed by atoms with Crippen molar-refractivity contribution in [2.45, 2.75) is 50.5 Å². The van der Waals surface area contributed by atoms with Gasteiger partial charge in [0.1, 0.15) is 11.6 Å². The minimum atomic E-state index is -3.66. The van der Waals surface area contributed by atoms with Crippen LogP contribution in [0.5, 0.6) is 5.75 Å². The minimum absolute atomic E-state index is 0.126. The second-order valence-corrected chi connectivity index (χ2v) is 10.5. The third-order valence-corrected chi connectivity index (χ3v) is 8.20. The largest absolute Gasteiger partial charge is 0.496 e. The maximum absolute atomic E-state index is 13.2. The monoisotopic (exact) mass is 484 g/mol. The first kappa shape index (κ1) is 24.2. The molecular weight excluding hydrogens is 452 g/mol. The van der Waals surface area contributed by atoms with Crippen molar-refractivity contribution in [2.75, 3.05) is 26.7 Å². The van der Waals surface area contributed by atoms with Crippen LogP contribution in [-0.4, -0.2) is 54.9 Å². The Morgan fingerprint density at radius 1 is 1.09 bits per heavy atom. The van der Waals surface area contributed by atoms with E-state index in [9.17, 15) is 13.2 Å². The zero-order chi connectivity index (χ0) is 24.1. The molecule has 1 aromatic heterocycles. The number of hydrogen-bond donors (Lipinski definition) is 1. The van der Waals surface area contributed by atoms with Gasteiger partial charge in [-0.2, -0.15) is 4.31 Å². The van der Waals surface area contributed by atoms with E-state index < -0.39 is 10.0 Å². The van der Waals surface area contributed by atoms with Crippen molar-refractivity contribution in [1.82, 2.24) is 19.2 Å². The van der Waals surface area contributed by atoms with Crippen LogP contribution < -0.4 is 10.1 Å². The zero-order valence-electron chi connectivity index (χ0n) is 19.8. The molecule has 0 spiro atoms. The van der Waals surface area contributed by atoms with Gasteiger partial charge >= 0.3 is 0 Å². The van der Waals surface area contributed by atoms with Gasteiger partial charge in [0, 0.05) is 26.2 Å². The number of para-hydroxylation sites is 2. The molecule has 0 aliphatic carbocycles. The number of benzene rings is 2. The summed E-state index contributed by atoms with van der Waals surface area (Å²) in [6, 6.07) is 12.5. The summed E-state index contributed by atoms with van der Waals surface area (Å²) in [4.78, 5) is 17.7. The zero-order valence-corrected chi connectivity index (χ0v) is 20.6. The normalized spacial score (nSPS) is 15.2. The summed E-state index contributed by atoms with van der Waals surface area (Å²) in [7, 11) is -2.18. The highest BCUT2D eigenvalue weighted by atomic mass is 32.2. The average Bonchev–Trinajstić information content (AvgIpc) is 3.00. The van der Waals surface area contributed by atoms with E-state index in [1.165, 1.54) is 23.5 Å². The Balaban J connectivity index is 1.44. The Hall–Kier alpha value is -2.91. The van der Waals surface area contributed by atoms with E-state index in [2.05, 4.69) is 14.9 Å². The molecule has 0 radical (unpaired) electrons. The molecule has 2 aromatic carbocycles. The Labute approximate surface area is 201 Å². The fourth-order valence-corrected chi connectivity index (χ4v) is 6.01. The standard InChI is InChI=1S/C25H32N4O4S/c1-19-27-22-10-5-6-11-23(22)29(19)17-9-14-26-25(30)21-18-20(12-13-24(21)33-2)34(31,32)28-15-7-3-4-8-16-28/h5-6,10-13,18H,3-4,7-9,14-17H2,1-2H3,(H,26,30). The predicted molar refractivity (Wildman–Crippen MR) is 132 cm³/mol. The van der Waals surface area contributed by atoms with Crippen molar-refractivity contribution in [1.29, 1.82) is 0 Å². The van der Waals surface area contributed by atoms with Crippen LogP contribution in [0.3, 0.4) is 0 Å². The van der Waals surface area contributed by atoms with Gasteiger partial charge in [0.15, 0.2) is 0 Å². The van der Waals surface area contributed by atoms with Crippen molar-refractivity contribution in [2.24, 2.45) is 0 Å². The number of rotatable bonds is 8. The first-order valence-corrected chi connectivity index (χ1v) is 13.2. The Kier molecular flexibility index (Phi) is 7.53. The number of nitrogens with zero attached hydrogens (tertiary/aromatic N) is 3. The van der Waals surface area contributed by atoms with Gasteiger partial charge < -0.3 is 14.6 Å².